The number of carbonyl (C=O) groups excluding carboxylic acids is 2. The Morgan fingerprint density at radius 2 is 2.00 bits per heavy atom. The second kappa shape index (κ2) is 9.68. The van der Waals surface area contributed by atoms with Crippen LogP contribution in [0.5, 0.6) is 0 Å². The molecule has 7 nitrogen and oxygen atoms in total. The van der Waals surface area contributed by atoms with Crippen molar-refractivity contribution in [3.05, 3.63) is 34.7 Å². The van der Waals surface area contributed by atoms with Crippen LogP contribution in [0.25, 0.3) is 11.3 Å². The molecule has 1 aromatic heterocycles. The van der Waals surface area contributed by atoms with Gasteiger partial charge in [-0.3, -0.25) is 0 Å². The first-order valence-electron chi connectivity index (χ1n) is 10.6. The molecule has 8 heteroatoms. The lowest BCUT2D eigenvalue weighted by molar-refractivity contribution is 0.0253. The molecule has 1 unspecified atom stereocenters. The van der Waals surface area contributed by atoms with E-state index in [2.05, 4.69) is 10.3 Å². The van der Waals surface area contributed by atoms with E-state index in [4.69, 9.17) is 4.74 Å². The average Bonchev–Trinajstić information content (AvgIpc) is 3.14. The van der Waals surface area contributed by atoms with Gasteiger partial charge in [0.25, 0.3) is 0 Å². The molecule has 1 aliphatic heterocycles. The largest absolute Gasteiger partial charge is 0.444 e. The molecule has 168 valence electrons. The van der Waals surface area contributed by atoms with E-state index in [0.29, 0.717) is 19.6 Å². The molecule has 3 rings (SSSR count). The van der Waals surface area contributed by atoms with E-state index in [1.165, 1.54) is 0 Å². The second-order valence-electron chi connectivity index (χ2n) is 9.07. The highest BCUT2D eigenvalue weighted by Gasteiger charge is 2.27. The molecule has 0 saturated carbocycles. The number of aromatic nitrogens is 1. The van der Waals surface area contributed by atoms with Crippen LogP contribution in [-0.4, -0.2) is 59.2 Å². The van der Waals surface area contributed by atoms with Crippen LogP contribution in [-0.2, 0) is 4.74 Å². The van der Waals surface area contributed by atoms with Gasteiger partial charge >= 0.3 is 12.1 Å². The number of carbonyl (C=O) groups is 2. The number of piperidine rings is 1. The Labute approximate surface area is 188 Å². The van der Waals surface area contributed by atoms with Crippen LogP contribution >= 0.6 is 11.3 Å². The first-order chi connectivity index (χ1) is 14.6. The van der Waals surface area contributed by atoms with Gasteiger partial charge in [0, 0.05) is 43.3 Å². The van der Waals surface area contributed by atoms with Crippen molar-refractivity contribution in [2.45, 2.75) is 46.1 Å². The summed E-state index contributed by atoms with van der Waals surface area (Å²) < 4.78 is 5.43. The zero-order valence-corrected chi connectivity index (χ0v) is 19.8. The van der Waals surface area contributed by atoms with Crippen molar-refractivity contribution in [1.29, 1.82) is 0 Å². The van der Waals surface area contributed by atoms with Gasteiger partial charge in [0.2, 0.25) is 0 Å². The summed E-state index contributed by atoms with van der Waals surface area (Å²) in [6.45, 7) is 9.46. The maximum absolute atomic E-state index is 12.8. The van der Waals surface area contributed by atoms with E-state index in [1.807, 2.05) is 62.2 Å². The highest BCUT2D eigenvalue weighted by atomic mass is 32.1. The maximum Gasteiger partial charge on any atom is 0.410 e. The number of nitrogens with zero attached hydrogens (tertiary/aromatic N) is 3. The third kappa shape index (κ3) is 6.69. The summed E-state index contributed by atoms with van der Waals surface area (Å²) in [5.74, 6) is 0.229. The van der Waals surface area contributed by atoms with Crippen LogP contribution in [0.4, 0.5) is 15.3 Å². The molecule has 3 amide bonds. The van der Waals surface area contributed by atoms with Gasteiger partial charge in [0.1, 0.15) is 5.60 Å². The number of thiazole rings is 1. The maximum atomic E-state index is 12.8. The van der Waals surface area contributed by atoms with Crippen LogP contribution in [0.1, 0.15) is 38.6 Å². The van der Waals surface area contributed by atoms with E-state index >= 15 is 0 Å². The normalized spacial score (nSPS) is 16.7. The first kappa shape index (κ1) is 23.1. The Morgan fingerprint density at radius 3 is 2.61 bits per heavy atom. The fourth-order valence-electron chi connectivity index (χ4n) is 3.62. The van der Waals surface area contributed by atoms with Crippen molar-refractivity contribution < 1.29 is 14.3 Å². The van der Waals surface area contributed by atoms with Crippen LogP contribution < -0.4 is 5.32 Å². The minimum Gasteiger partial charge on any atom is -0.444 e. The van der Waals surface area contributed by atoms with Crippen LogP contribution in [0, 0.1) is 12.8 Å². The van der Waals surface area contributed by atoms with E-state index in [1.54, 1.807) is 23.3 Å². The van der Waals surface area contributed by atoms with Crippen LogP contribution in [0.15, 0.2) is 29.6 Å². The number of rotatable bonds is 4. The molecule has 1 aliphatic rings. The lowest BCUT2D eigenvalue weighted by Crippen LogP contribution is -2.46. The van der Waals surface area contributed by atoms with E-state index < -0.39 is 5.60 Å². The molecule has 31 heavy (non-hydrogen) atoms. The molecular formula is C23H32N4O3S. The molecule has 2 heterocycles. The Kier molecular flexibility index (Phi) is 7.20. The molecule has 0 bridgehead atoms. The molecule has 1 aromatic carbocycles. The van der Waals surface area contributed by atoms with Crippen LogP contribution in [0.2, 0.25) is 0 Å². The Morgan fingerprint density at radius 1 is 1.29 bits per heavy atom. The van der Waals surface area contributed by atoms with Crippen molar-refractivity contribution in [3.63, 3.8) is 0 Å². The zero-order chi connectivity index (χ0) is 22.6. The van der Waals surface area contributed by atoms with Gasteiger partial charge in [0.05, 0.1) is 10.7 Å². The highest BCUT2D eigenvalue weighted by molar-refractivity contribution is 7.09. The third-order valence-corrected chi connectivity index (χ3v) is 5.87. The Balaban J connectivity index is 1.53. The quantitative estimate of drug-likeness (QED) is 0.701. The summed E-state index contributed by atoms with van der Waals surface area (Å²) >= 11 is 1.62. The number of ether oxygens (including phenoxy) is 1. The van der Waals surface area contributed by atoms with Gasteiger partial charge in [0.15, 0.2) is 0 Å². The summed E-state index contributed by atoms with van der Waals surface area (Å²) in [6.07, 6.45) is 1.57. The summed E-state index contributed by atoms with van der Waals surface area (Å²) in [5, 5.41) is 6.05. The summed E-state index contributed by atoms with van der Waals surface area (Å²) in [7, 11) is 1.75. The summed E-state index contributed by atoms with van der Waals surface area (Å²) in [6, 6.07) is 7.64. The lowest BCUT2D eigenvalue weighted by atomic mass is 9.98. The smallest absolute Gasteiger partial charge is 0.410 e. The predicted molar refractivity (Wildman–Crippen MR) is 124 cm³/mol. The van der Waals surface area contributed by atoms with Crippen molar-refractivity contribution in [3.8, 4) is 11.3 Å². The first-order valence-corrected chi connectivity index (χ1v) is 11.5. The molecule has 0 aliphatic carbocycles. The van der Waals surface area contributed by atoms with Crippen LogP contribution in [0.3, 0.4) is 0 Å². The molecule has 0 spiro atoms. The molecule has 1 atom stereocenters. The number of urea groups is 1. The number of hydrogen-bond acceptors (Lipinski definition) is 5. The number of amides is 3. The summed E-state index contributed by atoms with van der Waals surface area (Å²) in [5.41, 5.74) is 2.23. The number of aryl methyl sites for hydroxylation is 1. The highest BCUT2D eigenvalue weighted by Crippen LogP contribution is 2.24. The van der Waals surface area contributed by atoms with Gasteiger partial charge in [-0.15, -0.1) is 11.3 Å². The second-order valence-corrected chi connectivity index (χ2v) is 10.1. The Hall–Kier alpha value is -2.61. The van der Waals surface area contributed by atoms with Crippen molar-refractivity contribution in [2.75, 3.05) is 32.0 Å². The van der Waals surface area contributed by atoms with Gasteiger partial charge in [-0.05, 0) is 58.6 Å². The predicted octanol–water partition coefficient (Wildman–Crippen LogP) is 5.23. The van der Waals surface area contributed by atoms with Gasteiger partial charge in [-0.2, -0.15) is 0 Å². The van der Waals surface area contributed by atoms with Gasteiger partial charge in [-0.1, -0.05) is 12.1 Å². The number of nitrogens with one attached hydrogen (secondary N) is 1. The molecule has 0 radical (unpaired) electrons. The monoisotopic (exact) mass is 444 g/mol. The molecule has 1 saturated heterocycles. The minimum absolute atomic E-state index is 0.109. The number of likely N-dealkylation sites (tertiary alicyclic amines) is 1. The van der Waals surface area contributed by atoms with Crippen molar-refractivity contribution in [1.82, 2.24) is 14.8 Å². The van der Waals surface area contributed by atoms with Gasteiger partial charge in [-0.25, -0.2) is 14.6 Å². The standard InChI is InChI=1S/C23H32N4O3S/c1-16-24-20(15-31-16)18-8-10-19(11-9-18)25-21(28)27-12-6-7-17(14-27)13-26(5)22(29)30-23(2,3)4/h8-11,15,17H,6-7,12-14H2,1-5H3,(H,25,28). The topological polar surface area (TPSA) is 74.8 Å². The number of anilines is 1. The van der Waals surface area contributed by atoms with Crippen molar-refractivity contribution in [2.24, 2.45) is 5.92 Å². The van der Waals surface area contributed by atoms with E-state index in [0.717, 1.165) is 34.8 Å². The van der Waals surface area contributed by atoms with E-state index in [9.17, 15) is 9.59 Å². The SMILES string of the molecule is Cc1nc(-c2ccc(NC(=O)N3CCCC(CN(C)C(=O)OC(C)(C)C)C3)cc2)cs1. The van der Waals surface area contributed by atoms with E-state index in [-0.39, 0.29) is 18.0 Å². The fourth-order valence-corrected chi connectivity index (χ4v) is 4.25. The summed E-state index contributed by atoms with van der Waals surface area (Å²) in [4.78, 5) is 32.9. The Bertz CT molecular complexity index is 904. The average molecular weight is 445 g/mol. The minimum atomic E-state index is -0.516. The zero-order valence-electron chi connectivity index (χ0n) is 19.0. The lowest BCUT2D eigenvalue weighted by Gasteiger charge is -2.35. The van der Waals surface area contributed by atoms with Crippen molar-refractivity contribution >= 4 is 29.1 Å². The molecule has 1 N–H and O–H groups in total. The fraction of sp³-hybridized carbons (Fsp3) is 0.522. The number of benzene rings is 1. The molecule has 1 fully saturated rings. The number of hydrogen-bond donors (Lipinski definition) is 1. The van der Waals surface area contributed by atoms with Gasteiger partial charge < -0.3 is 19.9 Å². The third-order valence-electron chi connectivity index (χ3n) is 5.09. The molecular weight excluding hydrogens is 412 g/mol. The molecule has 2 aromatic rings.